The lowest BCUT2D eigenvalue weighted by Gasteiger charge is -2.11. The molecule has 0 saturated carbocycles. The molecule has 0 aliphatic carbocycles. The second-order valence-electron chi connectivity index (χ2n) is 5.22. The molecule has 4 nitrogen and oxygen atoms in total. The first-order chi connectivity index (χ1) is 11.2. The molecule has 0 unspecified atom stereocenters. The third-order valence-electron chi connectivity index (χ3n) is 3.31. The Morgan fingerprint density at radius 2 is 1.87 bits per heavy atom. The number of para-hydroxylation sites is 1. The third-order valence-corrected chi connectivity index (χ3v) is 4.25. The van der Waals surface area contributed by atoms with Gasteiger partial charge < -0.3 is 4.90 Å². The van der Waals surface area contributed by atoms with Gasteiger partial charge >= 0.3 is 0 Å². The smallest absolute Gasteiger partial charge is 0.204 e. The standard InChI is InChI=1S/C18H18N4S/c1-22(2)15-11-9-14(10-12-15)6-5-13-19-21-18-20-16-7-3-4-8-17(16)23-18/h3-13H,1-2H3,(H,20,21)/b6-5+,19-13-. The maximum Gasteiger partial charge on any atom is 0.204 e. The van der Waals surface area contributed by atoms with E-state index in [1.165, 1.54) is 5.69 Å². The number of hydrogen-bond donors (Lipinski definition) is 1. The minimum absolute atomic E-state index is 0.797. The zero-order valence-electron chi connectivity index (χ0n) is 13.1. The van der Waals surface area contributed by atoms with Crippen molar-refractivity contribution >= 4 is 44.7 Å². The molecule has 3 rings (SSSR count). The van der Waals surface area contributed by atoms with Gasteiger partial charge in [-0.3, -0.25) is 5.43 Å². The number of thiazole rings is 1. The summed E-state index contributed by atoms with van der Waals surface area (Å²) in [5.74, 6) is 0. The minimum Gasteiger partial charge on any atom is -0.378 e. The van der Waals surface area contributed by atoms with Crippen LogP contribution in [0, 0.1) is 0 Å². The van der Waals surface area contributed by atoms with Crippen molar-refractivity contribution in [1.29, 1.82) is 0 Å². The highest BCUT2D eigenvalue weighted by atomic mass is 32.1. The number of nitrogens with zero attached hydrogens (tertiary/aromatic N) is 3. The molecule has 0 amide bonds. The van der Waals surface area contributed by atoms with Crippen LogP contribution in [0.1, 0.15) is 5.56 Å². The molecule has 0 bridgehead atoms. The van der Waals surface area contributed by atoms with E-state index in [1.54, 1.807) is 17.6 Å². The van der Waals surface area contributed by atoms with E-state index in [1.807, 2.05) is 44.4 Å². The topological polar surface area (TPSA) is 40.5 Å². The quantitative estimate of drug-likeness (QED) is 0.556. The van der Waals surface area contributed by atoms with Gasteiger partial charge in [0.1, 0.15) is 0 Å². The van der Waals surface area contributed by atoms with Crippen molar-refractivity contribution in [3.05, 3.63) is 60.2 Å². The van der Waals surface area contributed by atoms with Crippen molar-refractivity contribution in [2.24, 2.45) is 5.10 Å². The maximum atomic E-state index is 4.46. The second-order valence-corrected chi connectivity index (χ2v) is 6.25. The van der Waals surface area contributed by atoms with Crippen LogP contribution in [-0.4, -0.2) is 25.3 Å². The first-order valence-corrected chi connectivity index (χ1v) is 8.13. The summed E-state index contributed by atoms with van der Waals surface area (Å²) in [7, 11) is 4.07. The molecule has 2 aromatic carbocycles. The fourth-order valence-electron chi connectivity index (χ4n) is 2.09. The molecule has 0 fully saturated rings. The molecule has 1 aromatic heterocycles. The molecule has 0 aliphatic rings. The Morgan fingerprint density at radius 3 is 2.61 bits per heavy atom. The molecule has 0 saturated heterocycles. The van der Waals surface area contributed by atoms with Crippen LogP contribution in [0.15, 0.2) is 59.7 Å². The fourth-order valence-corrected chi connectivity index (χ4v) is 2.91. The lowest BCUT2D eigenvalue weighted by molar-refractivity contribution is 1.13. The highest BCUT2D eigenvalue weighted by molar-refractivity contribution is 7.22. The molecular formula is C18H18N4S. The third kappa shape index (κ3) is 3.96. The average molecular weight is 322 g/mol. The summed E-state index contributed by atoms with van der Waals surface area (Å²) in [6, 6.07) is 16.4. The molecule has 5 heteroatoms. The van der Waals surface area contributed by atoms with E-state index in [4.69, 9.17) is 0 Å². The number of hydrazone groups is 1. The van der Waals surface area contributed by atoms with Crippen molar-refractivity contribution in [2.45, 2.75) is 0 Å². The molecule has 3 aromatic rings. The number of allylic oxidation sites excluding steroid dienone is 1. The van der Waals surface area contributed by atoms with Crippen LogP contribution >= 0.6 is 11.3 Å². The van der Waals surface area contributed by atoms with Crippen molar-refractivity contribution in [2.75, 3.05) is 24.4 Å². The predicted molar refractivity (Wildman–Crippen MR) is 102 cm³/mol. The molecule has 0 aliphatic heterocycles. The summed E-state index contributed by atoms with van der Waals surface area (Å²) in [6.07, 6.45) is 5.65. The van der Waals surface area contributed by atoms with Gasteiger partial charge in [-0.05, 0) is 35.9 Å². The van der Waals surface area contributed by atoms with E-state index in [9.17, 15) is 0 Å². The Kier molecular flexibility index (Phi) is 4.68. The van der Waals surface area contributed by atoms with Crippen LogP contribution in [0.25, 0.3) is 16.3 Å². The molecule has 116 valence electrons. The maximum absolute atomic E-state index is 4.46. The first-order valence-electron chi connectivity index (χ1n) is 7.31. The lowest BCUT2D eigenvalue weighted by atomic mass is 10.2. The van der Waals surface area contributed by atoms with Gasteiger partial charge in [-0.2, -0.15) is 5.10 Å². The van der Waals surface area contributed by atoms with Gasteiger partial charge in [0, 0.05) is 26.0 Å². The monoisotopic (exact) mass is 322 g/mol. The second kappa shape index (κ2) is 7.07. The van der Waals surface area contributed by atoms with E-state index in [0.717, 1.165) is 20.9 Å². The summed E-state index contributed by atoms with van der Waals surface area (Å²) in [6.45, 7) is 0. The highest BCUT2D eigenvalue weighted by Crippen LogP contribution is 2.25. The van der Waals surface area contributed by atoms with Crippen LogP contribution in [0.3, 0.4) is 0 Å². The van der Waals surface area contributed by atoms with E-state index < -0.39 is 0 Å². The molecule has 0 radical (unpaired) electrons. The number of anilines is 2. The summed E-state index contributed by atoms with van der Waals surface area (Å²) in [5.41, 5.74) is 6.28. The Morgan fingerprint density at radius 1 is 1.09 bits per heavy atom. The number of fused-ring (bicyclic) bond motifs is 1. The normalized spacial score (nSPS) is 11.6. The fraction of sp³-hybridized carbons (Fsp3) is 0.111. The zero-order valence-corrected chi connectivity index (χ0v) is 13.9. The molecular weight excluding hydrogens is 304 g/mol. The molecule has 1 heterocycles. The number of rotatable bonds is 5. The Bertz CT molecular complexity index is 799. The van der Waals surface area contributed by atoms with Gasteiger partial charge in [-0.25, -0.2) is 4.98 Å². The Balaban J connectivity index is 1.57. The first kappa shape index (κ1) is 15.2. The molecule has 1 N–H and O–H groups in total. The van der Waals surface area contributed by atoms with Crippen LogP contribution in [0.4, 0.5) is 10.8 Å². The molecule has 23 heavy (non-hydrogen) atoms. The van der Waals surface area contributed by atoms with Crippen molar-refractivity contribution in [3.63, 3.8) is 0 Å². The van der Waals surface area contributed by atoms with Crippen LogP contribution in [0.5, 0.6) is 0 Å². The largest absolute Gasteiger partial charge is 0.378 e. The van der Waals surface area contributed by atoms with Gasteiger partial charge in [0.05, 0.1) is 10.2 Å². The Hall–Kier alpha value is -2.66. The molecule has 0 spiro atoms. The van der Waals surface area contributed by atoms with E-state index in [2.05, 4.69) is 50.7 Å². The SMILES string of the molecule is CN(C)c1ccc(/C=C/C=N\Nc2nc3ccccc3s2)cc1. The van der Waals surface area contributed by atoms with E-state index in [-0.39, 0.29) is 0 Å². The summed E-state index contributed by atoms with van der Waals surface area (Å²) in [5, 5.41) is 4.97. The number of hydrogen-bond acceptors (Lipinski definition) is 5. The van der Waals surface area contributed by atoms with Crippen LogP contribution in [-0.2, 0) is 0 Å². The van der Waals surface area contributed by atoms with Crippen molar-refractivity contribution < 1.29 is 0 Å². The number of aromatic nitrogens is 1. The predicted octanol–water partition coefficient (Wildman–Crippen LogP) is 4.47. The summed E-state index contributed by atoms with van der Waals surface area (Å²) >= 11 is 1.59. The van der Waals surface area contributed by atoms with Gasteiger partial charge in [0.25, 0.3) is 0 Å². The minimum atomic E-state index is 0.797. The number of benzene rings is 2. The van der Waals surface area contributed by atoms with Crippen LogP contribution in [0.2, 0.25) is 0 Å². The van der Waals surface area contributed by atoms with Gasteiger partial charge in [0.15, 0.2) is 0 Å². The van der Waals surface area contributed by atoms with Crippen molar-refractivity contribution in [1.82, 2.24) is 4.98 Å². The lowest BCUT2D eigenvalue weighted by Crippen LogP contribution is -2.07. The van der Waals surface area contributed by atoms with Crippen LogP contribution < -0.4 is 10.3 Å². The Labute approximate surface area is 139 Å². The summed E-state index contributed by atoms with van der Waals surface area (Å²) < 4.78 is 1.15. The van der Waals surface area contributed by atoms with Crippen molar-refractivity contribution in [3.8, 4) is 0 Å². The van der Waals surface area contributed by atoms with Gasteiger partial charge in [-0.1, -0.05) is 41.7 Å². The average Bonchev–Trinajstić information content (AvgIpc) is 2.97. The summed E-state index contributed by atoms with van der Waals surface area (Å²) in [4.78, 5) is 6.54. The number of nitrogens with one attached hydrogen (secondary N) is 1. The van der Waals surface area contributed by atoms with E-state index >= 15 is 0 Å². The van der Waals surface area contributed by atoms with Gasteiger partial charge in [-0.15, -0.1) is 0 Å². The zero-order chi connectivity index (χ0) is 16.1. The molecule has 0 atom stereocenters. The van der Waals surface area contributed by atoms with Gasteiger partial charge in [0.2, 0.25) is 5.13 Å². The van der Waals surface area contributed by atoms with E-state index in [0.29, 0.717) is 0 Å². The highest BCUT2D eigenvalue weighted by Gasteiger charge is 2.00.